The van der Waals surface area contributed by atoms with Crippen molar-refractivity contribution in [2.24, 2.45) is 0 Å². The van der Waals surface area contributed by atoms with Gasteiger partial charge < -0.3 is 4.52 Å². The van der Waals surface area contributed by atoms with E-state index in [-0.39, 0.29) is 11.7 Å². The Morgan fingerprint density at radius 1 is 1.25 bits per heavy atom. The largest absolute Gasteiger partial charge is 0.339 e. The molecule has 6 nitrogen and oxygen atoms in total. The lowest BCUT2D eigenvalue weighted by molar-refractivity contribution is 0.303. The molecule has 1 aliphatic heterocycles. The van der Waals surface area contributed by atoms with E-state index in [1.54, 1.807) is 18.3 Å². The van der Waals surface area contributed by atoms with Crippen LogP contribution in [0.4, 0.5) is 4.39 Å². The Morgan fingerprint density at radius 2 is 2.08 bits per heavy atom. The van der Waals surface area contributed by atoms with E-state index < -0.39 is 0 Å². The van der Waals surface area contributed by atoms with Crippen molar-refractivity contribution in [3.05, 3.63) is 59.8 Å². The summed E-state index contributed by atoms with van der Waals surface area (Å²) in [7, 11) is 0. The minimum Gasteiger partial charge on any atom is -0.339 e. The first-order chi connectivity index (χ1) is 11.7. The molecule has 1 saturated heterocycles. The van der Waals surface area contributed by atoms with Gasteiger partial charge in [-0.3, -0.25) is 4.90 Å². The quantitative estimate of drug-likeness (QED) is 0.737. The second-order valence-corrected chi connectivity index (χ2v) is 6.11. The van der Waals surface area contributed by atoms with Crippen molar-refractivity contribution in [1.29, 1.82) is 0 Å². The molecule has 0 saturated carbocycles. The first-order valence-electron chi connectivity index (χ1n) is 8.00. The summed E-state index contributed by atoms with van der Waals surface area (Å²) in [5.41, 5.74) is 1.93. The van der Waals surface area contributed by atoms with Crippen LogP contribution >= 0.6 is 0 Å². The van der Waals surface area contributed by atoms with Crippen molar-refractivity contribution in [2.75, 3.05) is 13.1 Å². The average molecular weight is 327 g/mol. The van der Waals surface area contributed by atoms with E-state index in [9.17, 15) is 4.39 Å². The molecule has 4 rings (SSSR count). The molecule has 0 bridgehead atoms. The summed E-state index contributed by atoms with van der Waals surface area (Å²) in [4.78, 5) is 6.69. The summed E-state index contributed by atoms with van der Waals surface area (Å²) in [6.07, 6.45) is 2.78. The molecule has 1 unspecified atom stereocenters. The SMILES string of the molecule is Cc1noc(C2CCN(Cc3ccnn3-c3ccc(F)cc3)C2)n1. The predicted octanol–water partition coefficient (Wildman–Crippen LogP) is 2.69. The molecule has 1 aliphatic rings. The third-order valence-electron chi connectivity index (χ3n) is 4.34. The third kappa shape index (κ3) is 2.94. The first kappa shape index (κ1) is 15.0. The summed E-state index contributed by atoms with van der Waals surface area (Å²) in [5.74, 6) is 1.44. The Kier molecular flexibility index (Phi) is 3.86. The van der Waals surface area contributed by atoms with Gasteiger partial charge in [0.25, 0.3) is 0 Å². The normalized spacial score (nSPS) is 18.3. The average Bonchev–Trinajstić information content (AvgIpc) is 3.30. The maximum Gasteiger partial charge on any atom is 0.231 e. The fourth-order valence-electron chi connectivity index (χ4n) is 3.15. The van der Waals surface area contributed by atoms with Crippen LogP contribution in [0.1, 0.15) is 29.7 Å². The lowest BCUT2D eigenvalue weighted by Crippen LogP contribution is -2.21. The molecule has 7 heteroatoms. The summed E-state index contributed by atoms with van der Waals surface area (Å²) in [6.45, 7) is 4.47. The maximum atomic E-state index is 13.1. The highest BCUT2D eigenvalue weighted by Crippen LogP contribution is 2.27. The zero-order valence-electron chi connectivity index (χ0n) is 13.4. The van der Waals surface area contributed by atoms with E-state index in [1.807, 2.05) is 17.7 Å². The van der Waals surface area contributed by atoms with Gasteiger partial charge in [0.15, 0.2) is 5.82 Å². The molecule has 124 valence electrons. The van der Waals surface area contributed by atoms with Crippen LogP contribution < -0.4 is 0 Å². The van der Waals surface area contributed by atoms with E-state index in [0.29, 0.717) is 5.82 Å². The van der Waals surface area contributed by atoms with Crippen LogP contribution in [0.2, 0.25) is 0 Å². The number of likely N-dealkylation sites (tertiary alicyclic amines) is 1. The molecular weight excluding hydrogens is 309 g/mol. The minimum atomic E-state index is -0.246. The van der Waals surface area contributed by atoms with Crippen LogP contribution in [0, 0.1) is 12.7 Å². The maximum absolute atomic E-state index is 13.1. The summed E-state index contributed by atoms with van der Waals surface area (Å²) in [6, 6.07) is 8.36. The number of benzene rings is 1. The highest BCUT2D eigenvalue weighted by atomic mass is 19.1. The van der Waals surface area contributed by atoms with E-state index in [1.165, 1.54) is 12.1 Å². The molecule has 24 heavy (non-hydrogen) atoms. The van der Waals surface area contributed by atoms with Crippen molar-refractivity contribution in [2.45, 2.75) is 25.8 Å². The monoisotopic (exact) mass is 327 g/mol. The van der Waals surface area contributed by atoms with Gasteiger partial charge in [0.05, 0.1) is 17.3 Å². The topological polar surface area (TPSA) is 60.0 Å². The zero-order chi connectivity index (χ0) is 16.5. The third-order valence-corrected chi connectivity index (χ3v) is 4.34. The number of hydrogen-bond acceptors (Lipinski definition) is 5. The van der Waals surface area contributed by atoms with Crippen LogP contribution in [0.15, 0.2) is 41.1 Å². The molecule has 0 N–H and O–H groups in total. The Morgan fingerprint density at radius 3 is 2.83 bits per heavy atom. The molecule has 0 aliphatic carbocycles. The van der Waals surface area contributed by atoms with Gasteiger partial charge >= 0.3 is 0 Å². The lowest BCUT2D eigenvalue weighted by Gasteiger charge is -2.16. The highest BCUT2D eigenvalue weighted by molar-refractivity contribution is 5.32. The first-order valence-corrected chi connectivity index (χ1v) is 8.00. The summed E-state index contributed by atoms with van der Waals surface area (Å²) >= 11 is 0. The van der Waals surface area contributed by atoms with Gasteiger partial charge in [-0.15, -0.1) is 0 Å². The molecule has 0 radical (unpaired) electrons. The molecule has 0 spiro atoms. The van der Waals surface area contributed by atoms with Gasteiger partial charge in [-0.05, 0) is 50.2 Å². The number of nitrogens with zero attached hydrogens (tertiary/aromatic N) is 5. The predicted molar refractivity (Wildman–Crippen MR) is 85.2 cm³/mol. The Bertz CT molecular complexity index is 826. The Balaban J connectivity index is 1.47. The van der Waals surface area contributed by atoms with E-state index in [2.05, 4.69) is 20.1 Å². The Hall–Kier alpha value is -2.54. The fourth-order valence-corrected chi connectivity index (χ4v) is 3.15. The van der Waals surface area contributed by atoms with Gasteiger partial charge in [0, 0.05) is 19.3 Å². The van der Waals surface area contributed by atoms with Crippen molar-refractivity contribution in [3.63, 3.8) is 0 Å². The molecule has 0 amide bonds. The molecule has 1 fully saturated rings. The van der Waals surface area contributed by atoms with Gasteiger partial charge in [0.2, 0.25) is 5.89 Å². The highest BCUT2D eigenvalue weighted by Gasteiger charge is 2.28. The van der Waals surface area contributed by atoms with Gasteiger partial charge in [-0.25, -0.2) is 9.07 Å². The lowest BCUT2D eigenvalue weighted by atomic mass is 10.1. The van der Waals surface area contributed by atoms with Crippen molar-refractivity contribution >= 4 is 0 Å². The smallest absolute Gasteiger partial charge is 0.231 e. The van der Waals surface area contributed by atoms with Crippen LogP contribution in [0.25, 0.3) is 5.69 Å². The van der Waals surface area contributed by atoms with E-state index in [4.69, 9.17) is 4.52 Å². The number of aryl methyl sites for hydroxylation is 1. The van der Waals surface area contributed by atoms with E-state index >= 15 is 0 Å². The van der Waals surface area contributed by atoms with Gasteiger partial charge in [-0.2, -0.15) is 10.1 Å². The molecule has 3 aromatic rings. The minimum absolute atomic E-state index is 0.246. The van der Waals surface area contributed by atoms with Crippen LogP contribution in [0.5, 0.6) is 0 Å². The standard InChI is InChI=1S/C17H18FN5O/c1-12-20-17(24-21-12)13-7-9-22(10-13)11-16-6-8-19-23(16)15-4-2-14(18)3-5-15/h2-6,8,13H,7,9-11H2,1H3. The number of aromatic nitrogens is 4. The number of hydrogen-bond donors (Lipinski definition) is 0. The fraction of sp³-hybridized carbons (Fsp3) is 0.353. The van der Waals surface area contributed by atoms with Gasteiger partial charge in [-0.1, -0.05) is 5.16 Å². The second kappa shape index (κ2) is 6.16. The van der Waals surface area contributed by atoms with Crippen molar-refractivity contribution < 1.29 is 8.91 Å². The Labute approximate surface area is 138 Å². The second-order valence-electron chi connectivity index (χ2n) is 6.11. The molecule has 2 aromatic heterocycles. The van der Waals surface area contributed by atoms with Crippen LogP contribution in [-0.4, -0.2) is 37.9 Å². The summed E-state index contributed by atoms with van der Waals surface area (Å²) < 4.78 is 20.3. The van der Waals surface area contributed by atoms with Crippen molar-refractivity contribution in [3.8, 4) is 5.69 Å². The van der Waals surface area contributed by atoms with E-state index in [0.717, 1.165) is 43.3 Å². The molecular formula is C17H18FN5O. The summed E-state index contributed by atoms with van der Waals surface area (Å²) in [5, 5.41) is 8.24. The molecule has 1 aromatic carbocycles. The number of halogens is 1. The van der Waals surface area contributed by atoms with Crippen LogP contribution in [-0.2, 0) is 6.54 Å². The van der Waals surface area contributed by atoms with Crippen molar-refractivity contribution in [1.82, 2.24) is 24.8 Å². The van der Waals surface area contributed by atoms with Crippen LogP contribution in [0.3, 0.4) is 0 Å². The molecule has 1 atom stereocenters. The molecule has 3 heterocycles. The number of rotatable bonds is 4. The zero-order valence-corrected chi connectivity index (χ0v) is 13.4. The van der Waals surface area contributed by atoms with Gasteiger partial charge in [0.1, 0.15) is 5.82 Å².